The van der Waals surface area contributed by atoms with E-state index in [-0.39, 0.29) is 0 Å². The van der Waals surface area contributed by atoms with Gasteiger partial charge in [-0.15, -0.1) is 11.3 Å². The molecule has 3 aromatic heterocycles. The quantitative estimate of drug-likeness (QED) is 0.299. The van der Waals surface area contributed by atoms with Crippen LogP contribution in [0.4, 0.5) is 5.13 Å². The second-order valence-electron chi connectivity index (χ2n) is 8.34. The summed E-state index contributed by atoms with van der Waals surface area (Å²) in [5, 5.41) is 0.605. The highest BCUT2D eigenvalue weighted by Gasteiger charge is 2.18. The van der Waals surface area contributed by atoms with Crippen molar-refractivity contribution < 1.29 is 4.74 Å². The third kappa shape index (κ3) is 5.59. The zero-order valence-electron chi connectivity index (χ0n) is 18.7. The molecule has 0 saturated heterocycles. The van der Waals surface area contributed by atoms with Gasteiger partial charge in [-0.25, -0.2) is 19.9 Å². The van der Waals surface area contributed by atoms with Crippen molar-refractivity contribution in [2.75, 3.05) is 5.73 Å². The molecule has 0 radical (unpaired) electrons. The third-order valence-electron chi connectivity index (χ3n) is 5.82. The average Bonchev–Trinajstić information content (AvgIpc) is 3.52. The predicted octanol–water partition coefficient (Wildman–Crippen LogP) is 5.90. The summed E-state index contributed by atoms with van der Waals surface area (Å²) in [6.45, 7) is 0. The topological polar surface area (TPSA) is 99.7 Å². The van der Waals surface area contributed by atoms with E-state index >= 15 is 0 Å². The Morgan fingerprint density at radius 1 is 1.00 bits per heavy atom. The van der Waals surface area contributed by atoms with Crippen LogP contribution in [0.25, 0.3) is 22.8 Å². The Balaban J connectivity index is 1.45. The maximum absolute atomic E-state index is 6.25. The third-order valence-corrected chi connectivity index (χ3v) is 7.40. The fraction of sp³-hybridized carbons (Fsp3) is 0.320. The molecule has 1 fully saturated rings. The van der Waals surface area contributed by atoms with Gasteiger partial charge in [-0.2, -0.15) is 0 Å². The number of aromatic nitrogens is 5. The Labute approximate surface area is 211 Å². The molecule has 1 aromatic carbocycles. The first kappa shape index (κ1) is 22.9. The van der Waals surface area contributed by atoms with Crippen LogP contribution in [0.1, 0.15) is 42.7 Å². The summed E-state index contributed by atoms with van der Waals surface area (Å²) in [5.41, 5.74) is 9.17. The molecule has 1 saturated carbocycles. The summed E-state index contributed by atoms with van der Waals surface area (Å²) >= 11 is 5.24. The molecule has 34 heavy (non-hydrogen) atoms. The van der Waals surface area contributed by atoms with E-state index in [1.54, 1.807) is 18.6 Å². The molecular formula is C25H25BrN6OS. The molecule has 3 heterocycles. The smallest absolute Gasteiger partial charge is 0.180 e. The van der Waals surface area contributed by atoms with E-state index in [1.165, 1.54) is 29.1 Å². The molecule has 0 bridgehead atoms. The minimum atomic E-state index is 0.297. The Bertz CT molecular complexity index is 1260. The van der Waals surface area contributed by atoms with Crippen molar-refractivity contribution in [3.63, 3.8) is 0 Å². The van der Waals surface area contributed by atoms with Crippen LogP contribution in [0.15, 0.2) is 53.5 Å². The zero-order chi connectivity index (χ0) is 23.3. The van der Waals surface area contributed by atoms with Crippen LogP contribution in [0, 0.1) is 0 Å². The van der Waals surface area contributed by atoms with Crippen molar-refractivity contribution in [1.82, 2.24) is 24.9 Å². The van der Waals surface area contributed by atoms with Crippen molar-refractivity contribution >= 4 is 32.4 Å². The van der Waals surface area contributed by atoms with E-state index in [9.17, 15) is 0 Å². The first-order valence-electron chi connectivity index (χ1n) is 11.4. The molecule has 0 spiro atoms. The van der Waals surface area contributed by atoms with Gasteiger partial charge in [0.15, 0.2) is 11.0 Å². The lowest BCUT2D eigenvalue weighted by molar-refractivity contribution is 0.210. The first-order valence-corrected chi connectivity index (χ1v) is 13.1. The number of ether oxygens (including phenoxy) is 1. The Kier molecular flexibility index (Phi) is 7.10. The molecule has 0 atom stereocenters. The van der Waals surface area contributed by atoms with Gasteiger partial charge in [-0.3, -0.25) is 4.98 Å². The maximum atomic E-state index is 6.25. The molecule has 174 valence electrons. The van der Waals surface area contributed by atoms with Crippen molar-refractivity contribution in [1.29, 1.82) is 0 Å². The summed E-state index contributed by atoms with van der Waals surface area (Å²) in [5.74, 6) is 1.44. The fourth-order valence-electron chi connectivity index (χ4n) is 4.15. The van der Waals surface area contributed by atoms with Crippen LogP contribution in [0.2, 0.25) is 0 Å². The Morgan fingerprint density at radius 2 is 1.88 bits per heavy atom. The fourth-order valence-corrected chi connectivity index (χ4v) is 5.32. The van der Waals surface area contributed by atoms with Crippen LogP contribution >= 0.6 is 27.3 Å². The number of nitrogens with zero attached hydrogens (tertiary/aromatic N) is 5. The van der Waals surface area contributed by atoms with E-state index in [2.05, 4.69) is 43.0 Å². The van der Waals surface area contributed by atoms with Gasteiger partial charge in [0.1, 0.15) is 11.4 Å². The van der Waals surface area contributed by atoms with Gasteiger partial charge in [0.25, 0.3) is 0 Å². The summed E-state index contributed by atoms with van der Waals surface area (Å²) in [6, 6.07) is 8.16. The Morgan fingerprint density at radius 3 is 2.65 bits per heavy atom. The molecule has 7 nitrogen and oxygen atoms in total. The lowest BCUT2D eigenvalue weighted by Gasteiger charge is -2.15. The van der Waals surface area contributed by atoms with Gasteiger partial charge in [0.05, 0.1) is 18.0 Å². The molecule has 0 aliphatic heterocycles. The van der Waals surface area contributed by atoms with E-state index < -0.39 is 0 Å². The summed E-state index contributed by atoms with van der Waals surface area (Å²) in [6.07, 6.45) is 14.5. The second kappa shape index (κ2) is 10.6. The number of hydrogen-bond acceptors (Lipinski definition) is 8. The summed E-state index contributed by atoms with van der Waals surface area (Å²) in [7, 11) is 0. The molecule has 0 amide bonds. The highest BCUT2D eigenvalue weighted by Crippen LogP contribution is 2.34. The molecule has 4 aromatic rings. The van der Waals surface area contributed by atoms with Gasteiger partial charge in [0, 0.05) is 39.2 Å². The van der Waals surface area contributed by atoms with Crippen molar-refractivity contribution in [3.8, 4) is 28.5 Å². The monoisotopic (exact) mass is 536 g/mol. The number of aryl methyl sites for hydroxylation is 2. The first-order chi connectivity index (χ1) is 16.6. The molecule has 1 aliphatic carbocycles. The molecular weight excluding hydrogens is 512 g/mol. The SMILES string of the molecule is Nc1ncc(CCCc2cc(-c3cc(OC4CCCC4)ccc3Br)nc(-c3cnccn3)n2)s1. The molecule has 1 aliphatic rings. The van der Waals surface area contributed by atoms with Crippen LogP contribution in [0.5, 0.6) is 5.75 Å². The second-order valence-corrected chi connectivity index (χ2v) is 10.3. The van der Waals surface area contributed by atoms with E-state index in [0.29, 0.717) is 22.8 Å². The largest absolute Gasteiger partial charge is 0.490 e. The van der Waals surface area contributed by atoms with Crippen LogP contribution < -0.4 is 10.5 Å². The highest BCUT2D eigenvalue weighted by atomic mass is 79.9. The normalized spacial score (nSPS) is 13.9. The highest BCUT2D eigenvalue weighted by molar-refractivity contribution is 9.10. The summed E-state index contributed by atoms with van der Waals surface area (Å²) in [4.78, 5) is 23.6. The number of anilines is 1. The molecule has 9 heteroatoms. The van der Waals surface area contributed by atoms with E-state index in [4.69, 9.17) is 20.4 Å². The average molecular weight is 537 g/mol. The predicted molar refractivity (Wildman–Crippen MR) is 138 cm³/mol. The number of nitrogen functional groups attached to an aromatic ring is 1. The number of rotatable bonds is 8. The van der Waals surface area contributed by atoms with Crippen LogP contribution in [0.3, 0.4) is 0 Å². The lowest BCUT2D eigenvalue weighted by atomic mass is 10.1. The van der Waals surface area contributed by atoms with Gasteiger partial charge in [0.2, 0.25) is 0 Å². The van der Waals surface area contributed by atoms with Gasteiger partial charge < -0.3 is 10.5 Å². The number of thiazole rings is 1. The maximum Gasteiger partial charge on any atom is 0.180 e. The molecule has 2 N–H and O–H groups in total. The van der Waals surface area contributed by atoms with Crippen LogP contribution in [-0.4, -0.2) is 31.0 Å². The number of nitrogens with two attached hydrogens (primary N) is 1. The lowest BCUT2D eigenvalue weighted by Crippen LogP contribution is -2.10. The zero-order valence-corrected chi connectivity index (χ0v) is 21.1. The van der Waals surface area contributed by atoms with Crippen LogP contribution in [-0.2, 0) is 12.8 Å². The summed E-state index contributed by atoms with van der Waals surface area (Å²) < 4.78 is 7.21. The van der Waals surface area contributed by atoms with Gasteiger partial charge >= 0.3 is 0 Å². The van der Waals surface area contributed by atoms with E-state index in [1.807, 2.05) is 18.3 Å². The molecule has 5 rings (SSSR count). The van der Waals surface area contributed by atoms with Crippen molar-refractivity contribution in [3.05, 3.63) is 64.1 Å². The van der Waals surface area contributed by atoms with Gasteiger partial charge in [-0.1, -0.05) is 15.9 Å². The minimum absolute atomic E-state index is 0.297. The van der Waals surface area contributed by atoms with E-state index in [0.717, 1.165) is 59.3 Å². The number of halogens is 1. The minimum Gasteiger partial charge on any atom is -0.490 e. The number of benzene rings is 1. The number of hydrogen-bond donors (Lipinski definition) is 1. The van der Waals surface area contributed by atoms with Crippen molar-refractivity contribution in [2.45, 2.75) is 51.0 Å². The van der Waals surface area contributed by atoms with Crippen molar-refractivity contribution in [2.24, 2.45) is 0 Å². The van der Waals surface area contributed by atoms with Gasteiger partial charge in [-0.05, 0) is 69.2 Å². The molecule has 0 unspecified atom stereocenters. The standard InChI is InChI=1S/C25H25BrN6OS/c26-21-9-8-18(33-17-5-1-2-6-17)13-20(21)22-12-16(4-3-7-19-14-30-25(27)34-19)31-24(32-22)23-15-28-10-11-29-23/h8-15,17H,1-7H2,(H2,27,30). The Hall–Kier alpha value is -2.91.